The Kier molecular flexibility index (Phi) is 8.45. The molecule has 0 radical (unpaired) electrons. The number of fused-ring (bicyclic) bond motifs is 5. The van der Waals surface area contributed by atoms with Gasteiger partial charge in [-0.1, -0.05) is 152 Å². The number of rotatable bonds is 8. The number of oxazole rings is 1. The lowest BCUT2D eigenvalue weighted by Crippen LogP contribution is -2.11. The fraction of sp³-hybridized carbons (Fsp3) is 0. The monoisotopic (exact) mass is 756 g/mol. The van der Waals surface area contributed by atoms with Gasteiger partial charge in [-0.3, -0.25) is 0 Å². The highest BCUT2D eigenvalue weighted by Gasteiger charge is 2.20. The highest BCUT2D eigenvalue weighted by Crippen LogP contribution is 2.43. The molecule has 0 saturated carbocycles. The number of hydrogen-bond donors (Lipinski definition) is 0. The smallest absolute Gasteiger partial charge is 0.227 e. The van der Waals surface area contributed by atoms with Gasteiger partial charge in [-0.05, 0) is 106 Å². The van der Waals surface area contributed by atoms with Gasteiger partial charge in [0.25, 0.3) is 0 Å². The summed E-state index contributed by atoms with van der Waals surface area (Å²) in [5.41, 5.74) is 16.5. The Labute approximate surface area is 341 Å². The van der Waals surface area contributed by atoms with Crippen molar-refractivity contribution in [2.45, 2.75) is 0 Å². The lowest BCUT2D eigenvalue weighted by atomic mass is 9.98. The summed E-state index contributed by atoms with van der Waals surface area (Å²) < 4.78 is 12.8. The molecule has 0 amide bonds. The molecule has 2 aromatic heterocycles. The minimum Gasteiger partial charge on any atom is -0.456 e. The van der Waals surface area contributed by atoms with Gasteiger partial charge in [0.05, 0.1) is 11.1 Å². The minimum atomic E-state index is 0.601. The van der Waals surface area contributed by atoms with E-state index in [1.54, 1.807) is 0 Å². The Bertz CT molecular complexity index is 3220. The van der Waals surface area contributed by atoms with Gasteiger partial charge in [-0.15, -0.1) is 0 Å². The predicted molar refractivity (Wildman–Crippen MR) is 243 cm³/mol. The SMILES string of the molecule is c1ccc(-c2ccc(-c3ccccc3N(c3ccc(-c4ccccc4)cc3)c3ccc(-c4ccc5c(c4)oc4ccc6nc(-c7ccccc7)oc6c45)cc3)cc2)cc1. The molecule has 0 spiro atoms. The van der Waals surface area contributed by atoms with Gasteiger partial charge in [0.1, 0.15) is 16.7 Å². The van der Waals surface area contributed by atoms with E-state index in [-0.39, 0.29) is 0 Å². The normalized spacial score (nSPS) is 11.4. The number of nitrogens with zero attached hydrogens (tertiary/aromatic N) is 2. The Morgan fingerprint density at radius 3 is 1.47 bits per heavy atom. The minimum absolute atomic E-state index is 0.601. The molecule has 4 nitrogen and oxygen atoms in total. The Balaban J connectivity index is 0.972. The van der Waals surface area contributed by atoms with Gasteiger partial charge < -0.3 is 13.7 Å². The topological polar surface area (TPSA) is 42.4 Å². The van der Waals surface area contributed by atoms with Crippen LogP contribution < -0.4 is 4.90 Å². The van der Waals surface area contributed by atoms with Crippen LogP contribution in [0.25, 0.3) is 89.0 Å². The van der Waals surface area contributed by atoms with Crippen LogP contribution in [0.3, 0.4) is 0 Å². The summed E-state index contributed by atoms with van der Waals surface area (Å²) >= 11 is 0. The van der Waals surface area contributed by atoms with E-state index in [0.717, 1.165) is 77.9 Å². The molecule has 11 rings (SSSR count). The van der Waals surface area contributed by atoms with Crippen molar-refractivity contribution >= 4 is 50.1 Å². The average molecular weight is 757 g/mol. The third-order valence-electron chi connectivity index (χ3n) is 11.2. The van der Waals surface area contributed by atoms with E-state index in [2.05, 4.69) is 181 Å². The molecule has 11 aromatic rings. The Morgan fingerprint density at radius 2 is 0.847 bits per heavy atom. The molecule has 0 unspecified atom stereocenters. The zero-order valence-corrected chi connectivity index (χ0v) is 32.0. The first-order valence-corrected chi connectivity index (χ1v) is 19.9. The molecular formula is C55H36N2O2. The first kappa shape index (κ1) is 34.3. The van der Waals surface area contributed by atoms with E-state index in [9.17, 15) is 0 Å². The van der Waals surface area contributed by atoms with Crippen molar-refractivity contribution in [1.82, 2.24) is 4.98 Å². The molecule has 0 aliphatic heterocycles. The van der Waals surface area contributed by atoms with Gasteiger partial charge >= 0.3 is 0 Å². The lowest BCUT2D eigenvalue weighted by Gasteiger charge is -2.28. The third-order valence-corrected chi connectivity index (χ3v) is 11.2. The number of furan rings is 1. The zero-order chi connectivity index (χ0) is 39.1. The van der Waals surface area contributed by atoms with Crippen LogP contribution in [-0.2, 0) is 0 Å². The van der Waals surface area contributed by atoms with Crippen LogP contribution in [0, 0.1) is 0 Å². The molecule has 0 bridgehead atoms. The van der Waals surface area contributed by atoms with Crippen molar-refractivity contribution < 1.29 is 8.83 Å². The van der Waals surface area contributed by atoms with Crippen LogP contribution in [0.4, 0.5) is 17.1 Å². The number of para-hydroxylation sites is 1. The summed E-state index contributed by atoms with van der Waals surface area (Å²) in [6.07, 6.45) is 0. The Hall–Kier alpha value is -7.95. The zero-order valence-electron chi connectivity index (χ0n) is 32.0. The van der Waals surface area contributed by atoms with Crippen LogP contribution in [0.1, 0.15) is 0 Å². The molecule has 0 aliphatic carbocycles. The number of aromatic nitrogens is 1. The maximum Gasteiger partial charge on any atom is 0.227 e. The van der Waals surface area contributed by atoms with Crippen molar-refractivity contribution in [3.05, 3.63) is 218 Å². The van der Waals surface area contributed by atoms with Gasteiger partial charge in [0.2, 0.25) is 5.89 Å². The van der Waals surface area contributed by atoms with Crippen molar-refractivity contribution in [1.29, 1.82) is 0 Å². The first-order valence-electron chi connectivity index (χ1n) is 19.9. The number of benzene rings is 9. The van der Waals surface area contributed by atoms with Crippen molar-refractivity contribution in [2.24, 2.45) is 0 Å². The molecule has 0 saturated heterocycles. The second kappa shape index (κ2) is 14.5. The molecule has 278 valence electrons. The van der Waals surface area contributed by atoms with E-state index in [1.165, 1.54) is 22.3 Å². The number of anilines is 3. The summed E-state index contributed by atoms with van der Waals surface area (Å²) in [5.74, 6) is 0.601. The van der Waals surface area contributed by atoms with E-state index in [4.69, 9.17) is 13.8 Å². The van der Waals surface area contributed by atoms with E-state index in [0.29, 0.717) is 5.89 Å². The molecule has 0 N–H and O–H groups in total. The van der Waals surface area contributed by atoms with Gasteiger partial charge in [0.15, 0.2) is 5.58 Å². The van der Waals surface area contributed by atoms with Crippen molar-refractivity contribution in [2.75, 3.05) is 4.90 Å². The predicted octanol–water partition coefficient (Wildman–Crippen LogP) is 15.5. The molecule has 0 aliphatic rings. The quantitative estimate of drug-likeness (QED) is 0.155. The highest BCUT2D eigenvalue weighted by molar-refractivity contribution is 6.16. The largest absolute Gasteiger partial charge is 0.456 e. The molecule has 4 heteroatoms. The summed E-state index contributed by atoms with van der Waals surface area (Å²) in [6, 6.07) is 76.6. The fourth-order valence-electron chi connectivity index (χ4n) is 8.18. The van der Waals surface area contributed by atoms with Crippen molar-refractivity contribution in [3.63, 3.8) is 0 Å². The highest BCUT2D eigenvalue weighted by atomic mass is 16.4. The summed E-state index contributed by atoms with van der Waals surface area (Å²) in [4.78, 5) is 7.15. The molecule has 9 aromatic carbocycles. The van der Waals surface area contributed by atoms with E-state index < -0.39 is 0 Å². The summed E-state index contributed by atoms with van der Waals surface area (Å²) in [7, 11) is 0. The molecule has 0 fully saturated rings. The maximum absolute atomic E-state index is 6.45. The van der Waals surface area contributed by atoms with Crippen molar-refractivity contribution in [3.8, 4) is 56.0 Å². The van der Waals surface area contributed by atoms with Gasteiger partial charge in [-0.25, -0.2) is 4.98 Å². The van der Waals surface area contributed by atoms with E-state index in [1.807, 2.05) is 42.5 Å². The van der Waals surface area contributed by atoms with Crippen LogP contribution >= 0.6 is 0 Å². The van der Waals surface area contributed by atoms with Gasteiger partial charge in [0, 0.05) is 27.9 Å². The number of hydrogen-bond acceptors (Lipinski definition) is 4. The van der Waals surface area contributed by atoms with Crippen LogP contribution in [0.5, 0.6) is 0 Å². The lowest BCUT2D eigenvalue weighted by molar-refractivity contribution is 0.622. The van der Waals surface area contributed by atoms with Crippen LogP contribution in [-0.4, -0.2) is 4.98 Å². The van der Waals surface area contributed by atoms with Crippen LogP contribution in [0.2, 0.25) is 0 Å². The summed E-state index contributed by atoms with van der Waals surface area (Å²) in [6.45, 7) is 0. The van der Waals surface area contributed by atoms with Crippen LogP contribution in [0.15, 0.2) is 227 Å². The first-order chi connectivity index (χ1) is 29.2. The average Bonchev–Trinajstić information content (AvgIpc) is 3.92. The maximum atomic E-state index is 6.45. The molecule has 0 atom stereocenters. The molecular weight excluding hydrogens is 721 g/mol. The Morgan fingerprint density at radius 1 is 0.356 bits per heavy atom. The third kappa shape index (κ3) is 6.34. The molecule has 59 heavy (non-hydrogen) atoms. The fourth-order valence-corrected chi connectivity index (χ4v) is 8.18. The van der Waals surface area contributed by atoms with E-state index >= 15 is 0 Å². The standard InChI is InChI=1S/C55H36N2O2/c1-4-12-37(13-5-1)39-20-22-42(23-21-39)47-18-10-11-19-50(47)57(45-29-24-40(25-30-45)38-14-6-2-7-15-38)46-31-26-41(27-32-46)44-28-33-48-52(36-44)58-51-35-34-49-54(53(48)51)59-55(56-49)43-16-8-3-9-17-43/h1-36H. The molecule has 2 heterocycles. The van der Waals surface area contributed by atoms with Gasteiger partial charge in [-0.2, -0.15) is 0 Å². The summed E-state index contributed by atoms with van der Waals surface area (Å²) in [5, 5.41) is 1.94. The second-order valence-corrected chi connectivity index (χ2v) is 14.7. The second-order valence-electron chi connectivity index (χ2n) is 14.7.